The summed E-state index contributed by atoms with van der Waals surface area (Å²) in [4.78, 5) is 21.8. The first-order valence-electron chi connectivity index (χ1n) is 8.48. The molecule has 4 rings (SSSR count). The highest BCUT2D eigenvalue weighted by Gasteiger charge is 2.17. The number of para-hydroxylation sites is 1. The lowest BCUT2D eigenvalue weighted by atomic mass is 10.2. The Morgan fingerprint density at radius 3 is 2.71 bits per heavy atom. The topological polar surface area (TPSA) is 73.8 Å². The summed E-state index contributed by atoms with van der Waals surface area (Å²) in [5, 5.41) is 4.46. The van der Waals surface area contributed by atoms with E-state index < -0.39 is 17.2 Å². The fourth-order valence-corrected chi connectivity index (χ4v) is 3.55. The number of benzene rings is 2. The van der Waals surface area contributed by atoms with E-state index in [1.165, 1.54) is 17.8 Å². The summed E-state index contributed by atoms with van der Waals surface area (Å²) in [6.07, 6.45) is 0.609. The van der Waals surface area contributed by atoms with Gasteiger partial charge >= 0.3 is 0 Å². The average molecular weight is 400 g/mol. The van der Waals surface area contributed by atoms with Gasteiger partial charge < -0.3 is 4.52 Å². The number of halogens is 2. The molecular weight excluding hydrogens is 386 g/mol. The molecule has 0 amide bonds. The van der Waals surface area contributed by atoms with E-state index in [1.54, 1.807) is 24.3 Å². The van der Waals surface area contributed by atoms with Crippen LogP contribution in [0.3, 0.4) is 0 Å². The van der Waals surface area contributed by atoms with Crippen molar-refractivity contribution in [3.8, 4) is 5.69 Å². The maximum Gasteiger partial charge on any atom is 0.266 e. The zero-order chi connectivity index (χ0) is 19.7. The normalized spacial score (nSPS) is 11.2. The zero-order valence-corrected chi connectivity index (χ0v) is 15.5. The summed E-state index contributed by atoms with van der Waals surface area (Å²) in [7, 11) is 0. The van der Waals surface area contributed by atoms with Crippen LogP contribution >= 0.6 is 11.8 Å². The maximum atomic E-state index is 14.4. The molecular formula is C19H14F2N4O2S. The fourth-order valence-electron chi connectivity index (χ4n) is 2.71. The third-order valence-electron chi connectivity index (χ3n) is 4.04. The molecule has 0 unspecified atom stereocenters. The minimum absolute atomic E-state index is 0.0745. The Bertz CT molecular complexity index is 1220. The van der Waals surface area contributed by atoms with Crippen LogP contribution in [0.2, 0.25) is 0 Å². The third kappa shape index (κ3) is 3.40. The number of hydrogen-bond donors (Lipinski definition) is 0. The SMILES string of the molecule is CCc1nc(CSc2nc3ccccc3c(=O)n2-c2ccc(F)cc2F)no1. The summed E-state index contributed by atoms with van der Waals surface area (Å²) >= 11 is 1.17. The quantitative estimate of drug-likeness (QED) is 0.374. The maximum absolute atomic E-state index is 14.4. The number of fused-ring (bicyclic) bond motifs is 1. The van der Waals surface area contributed by atoms with Crippen LogP contribution in [0.4, 0.5) is 8.78 Å². The van der Waals surface area contributed by atoms with Crippen LogP contribution in [-0.4, -0.2) is 19.7 Å². The second-order valence-corrected chi connectivity index (χ2v) is 6.84. The van der Waals surface area contributed by atoms with Crippen LogP contribution in [0, 0.1) is 11.6 Å². The van der Waals surface area contributed by atoms with E-state index >= 15 is 0 Å². The standard InChI is InChI=1S/C19H14F2N4O2S/c1-2-17-23-16(24-27-17)10-28-19-22-14-6-4-3-5-12(14)18(26)25(19)15-8-7-11(20)9-13(15)21/h3-9H,2,10H2,1H3. The number of rotatable bonds is 5. The first-order valence-corrected chi connectivity index (χ1v) is 9.47. The molecule has 0 aliphatic rings. The molecule has 2 aromatic heterocycles. The minimum atomic E-state index is -0.853. The molecule has 6 nitrogen and oxygen atoms in total. The van der Waals surface area contributed by atoms with Crippen LogP contribution in [0.5, 0.6) is 0 Å². The highest BCUT2D eigenvalue weighted by molar-refractivity contribution is 7.98. The molecule has 0 aliphatic carbocycles. The van der Waals surface area contributed by atoms with E-state index in [0.717, 1.165) is 16.7 Å². The molecule has 0 saturated heterocycles. The largest absolute Gasteiger partial charge is 0.339 e. The van der Waals surface area contributed by atoms with Crippen molar-refractivity contribution in [2.45, 2.75) is 24.3 Å². The molecule has 0 radical (unpaired) electrons. The van der Waals surface area contributed by atoms with E-state index in [1.807, 2.05) is 6.92 Å². The summed E-state index contributed by atoms with van der Waals surface area (Å²) in [5.41, 5.74) is -0.0355. The molecule has 9 heteroatoms. The second kappa shape index (κ2) is 7.51. The van der Waals surface area contributed by atoms with Crippen LogP contribution in [0.25, 0.3) is 16.6 Å². The van der Waals surface area contributed by atoms with Crippen LogP contribution in [0.15, 0.2) is 56.9 Å². The predicted molar refractivity (Wildman–Crippen MR) is 100 cm³/mol. The van der Waals surface area contributed by atoms with Gasteiger partial charge in [0.2, 0.25) is 5.89 Å². The predicted octanol–water partition coefficient (Wildman–Crippen LogP) is 3.90. The van der Waals surface area contributed by atoms with Crippen molar-refractivity contribution in [1.82, 2.24) is 19.7 Å². The van der Waals surface area contributed by atoms with E-state index in [2.05, 4.69) is 15.1 Å². The van der Waals surface area contributed by atoms with Crippen LogP contribution in [0.1, 0.15) is 18.6 Å². The van der Waals surface area contributed by atoms with Crippen molar-refractivity contribution < 1.29 is 13.3 Å². The van der Waals surface area contributed by atoms with Crippen molar-refractivity contribution >= 4 is 22.7 Å². The Labute approximate surface area is 162 Å². The van der Waals surface area contributed by atoms with Crippen molar-refractivity contribution in [3.05, 3.63) is 76.2 Å². The summed E-state index contributed by atoms with van der Waals surface area (Å²) < 4.78 is 34.0. The molecule has 28 heavy (non-hydrogen) atoms. The van der Waals surface area contributed by atoms with Gasteiger partial charge in [-0.2, -0.15) is 4.98 Å². The summed E-state index contributed by atoms with van der Waals surface area (Å²) in [6, 6.07) is 9.84. The Hall–Kier alpha value is -3.07. The number of hydrogen-bond acceptors (Lipinski definition) is 6. The highest BCUT2D eigenvalue weighted by atomic mass is 32.2. The van der Waals surface area contributed by atoms with Gasteiger partial charge in [0.15, 0.2) is 11.0 Å². The average Bonchev–Trinajstić information content (AvgIpc) is 3.16. The van der Waals surface area contributed by atoms with Gasteiger partial charge in [0.1, 0.15) is 11.6 Å². The molecule has 142 valence electrons. The van der Waals surface area contributed by atoms with Gasteiger partial charge in [-0.1, -0.05) is 36.0 Å². The Balaban J connectivity index is 1.84. The Kier molecular flexibility index (Phi) is 4.91. The minimum Gasteiger partial charge on any atom is -0.339 e. The van der Waals surface area contributed by atoms with Crippen molar-refractivity contribution in [2.24, 2.45) is 0 Å². The van der Waals surface area contributed by atoms with E-state index in [-0.39, 0.29) is 16.6 Å². The molecule has 2 heterocycles. The van der Waals surface area contributed by atoms with Gasteiger partial charge in [-0.05, 0) is 24.3 Å². The van der Waals surface area contributed by atoms with Gasteiger partial charge in [0.05, 0.1) is 22.3 Å². The van der Waals surface area contributed by atoms with Gasteiger partial charge in [0.25, 0.3) is 5.56 Å². The van der Waals surface area contributed by atoms with Gasteiger partial charge in [-0.15, -0.1) is 0 Å². The first-order chi connectivity index (χ1) is 13.6. The molecule has 0 N–H and O–H groups in total. The molecule has 2 aromatic carbocycles. The van der Waals surface area contributed by atoms with Crippen molar-refractivity contribution in [2.75, 3.05) is 0 Å². The molecule has 0 bridgehead atoms. The first kappa shape index (κ1) is 18.3. The fraction of sp³-hybridized carbons (Fsp3) is 0.158. The van der Waals surface area contributed by atoms with Crippen molar-refractivity contribution in [1.29, 1.82) is 0 Å². The lowest BCUT2D eigenvalue weighted by Crippen LogP contribution is -2.22. The monoisotopic (exact) mass is 400 g/mol. The molecule has 4 aromatic rings. The molecule has 0 fully saturated rings. The smallest absolute Gasteiger partial charge is 0.266 e. The van der Waals surface area contributed by atoms with E-state index in [9.17, 15) is 13.6 Å². The van der Waals surface area contributed by atoms with E-state index in [4.69, 9.17) is 4.52 Å². The summed E-state index contributed by atoms with van der Waals surface area (Å²) in [6.45, 7) is 1.89. The molecule has 0 aliphatic heterocycles. The number of thioether (sulfide) groups is 1. The lowest BCUT2D eigenvalue weighted by molar-refractivity contribution is 0.378. The van der Waals surface area contributed by atoms with Crippen molar-refractivity contribution in [3.63, 3.8) is 0 Å². The number of aromatic nitrogens is 4. The summed E-state index contributed by atoms with van der Waals surface area (Å²) in [5.74, 6) is -0.360. The molecule has 0 spiro atoms. The van der Waals surface area contributed by atoms with Crippen LogP contribution in [-0.2, 0) is 12.2 Å². The van der Waals surface area contributed by atoms with Gasteiger partial charge in [-0.25, -0.2) is 13.8 Å². The third-order valence-corrected chi connectivity index (χ3v) is 4.97. The number of aryl methyl sites for hydroxylation is 1. The zero-order valence-electron chi connectivity index (χ0n) is 14.7. The van der Waals surface area contributed by atoms with E-state index in [0.29, 0.717) is 29.0 Å². The Morgan fingerprint density at radius 1 is 1.14 bits per heavy atom. The second-order valence-electron chi connectivity index (χ2n) is 5.89. The lowest BCUT2D eigenvalue weighted by Gasteiger charge is -2.13. The van der Waals surface area contributed by atoms with Crippen LogP contribution < -0.4 is 5.56 Å². The highest BCUT2D eigenvalue weighted by Crippen LogP contribution is 2.25. The molecule has 0 atom stereocenters. The molecule has 0 saturated carbocycles. The number of nitrogens with zero attached hydrogens (tertiary/aromatic N) is 4. The van der Waals surface area contributed by atoms with Gasteiger partial charge in [-0.3, -0.25) is 9.36 Å². The van der Waals surface area contributed by atoms with Gasteiger partial charge in [0, 0.05) is 12.5 Å². The Morgan fingerprint density at radius 2 is 1.96 bits per heavy atom.